The van der Waals surface area contributed by atoms with E-state index in [-0.39, 0.29) is 24.4 Å². The maximum Gasteiger partial charge on any atom is 0.255 e. The lowest BCUT2D eigenvalue weighted by Gasteiger charge is -2.11. The molecular weight excluding hydrogens is 332 g/mol. The maximum absolute atomic E-state index is 12.4. The number of nitrogens with zero attached hydrogens (tertiary/aromatic N) is 2. The van der Waals surface area contributed by atoms with Crippen LogP contribution in [0.2, 0.25) is 0 Å². The third kappa shape index (κ3) is 4.41. The van der Waals surface area contributed by atoms with Crippen LogP contribution < -0.4 is 15.4 Å². The van der Waals surface area contributed by atoms with E-state index in [4.69, 9.17) is 4.74 Å². The Morgan fingerprint density at radius 2 is 2.08 bits per heavy atom. The van der Waals surface area contributed by atoms with E-state index in [2.05, 4.69) is 15.7 Å². The van der Waals surface area contributed by atoms with Gasteiger partial charge in [0.2, 0.25) is 5.91 Å². The summed E-state index contributed by atoms with van der Waals surface area (Å²) in [6.45, 7) is 2.06. The second kappa shape index (κ2) is 8.03. The summed E-state index contributed by atoms with van der Waals surface area (Å²) < 4.78 is 6.77. The molecule has 1 aromatic carbocycles. The molecule has 2 aromatic rings. The van der Waals surface area contributed by atoms with Crippen LogP contribution in [0.5, 0.6) is 5.75 Å². The summed E-state index contributed by atoms with van der Waals surface area (Å²) in [5.41, 5.74) is 2.01. The van der Waals surface area contributed by atoms with Gasteiger partial charge in [-0.1, -0.05) is 18.9 Å². The smallest absolute Gasteiger partial charge is 0.255 e. The zero-order valence-corrected chi connectivity index (χ0v) is 15.1. The van der Waals surface area contributed by atoms with Crippen molar-refractivity contribution in [1.82, 2.24) is 15.1 Å². The molecule has 1 aliphatic carbocycles. The van der Waals surface area contributed by atoms with Gasteiger partial charge in [0.15, 0.2) is 0 Å². The molecule has 0 radical (unpaired) electrons. The Morgan fingerprint density at radius 3 is 2.81 bits per heavy atom. The number of ether oxygens (including phenoxy) is 1. The van der Waals surface area contributed by atoms with Crippen molar-refractivity contribution in [3.63, 3.8) is 0 Å². The Hall–Kier alpha value is -2.83. The molecule has 1 heterocycles. The number of anilines is 1. The minimum absolute atomic E-state index is 0.0545. The van der Waals surface area contributed by atoms with E-state index in [0.29, 0.717) is 17.0 Å². The number of methoxy groups -OCH3 is 1. The average Bonchev–Trinajstić information content (AvgIpc) is 3.27. The van der Waals surface area contributed by atoms with Gasteiger partial charge < -0.3 is 15.4 Å². The molecular formula is C19H24N4O3. The molecule has 1 saturated carbocycles. The van der Waals surface area contributed by atoms with E-state index >= 15 is 0 Å². The average molecular weight is 356 g/mol. The predicted molar refractivity (Wildman–Crippen MR) is 98.3 cm³/mol. The summed E-state index contributed by atoms with van der Waals surface area (Å²) in [6, 6.07) is 5.56. The molecule has 7 nitrogen and oxygen atoms in total. The molecule has 0 atom stereocenters. The first-order chi connectivity index (χ1) is 12.5. The highest BCUT2D eigenvalue weighted by atomic mass is 16.5. The van der Waals surface area contributed by atoms with Gasteiger partial charge in [-0.05, 0) is 37.5 Å². The summed E-state index contributed by atoms with van der Waals surface area (Å²) >= 11 is 0. The minimum Gasteiger partial charge on any atom is -0.496 e. The van der Waals surface area contributed by atoms with Gasteiger partial charge in [-0.15, -0.1) is 0 Å². The Kier molecular flexibility index (Phi) is 5.55. The number of carbonyl (C=O) groups is 2. The van der Waals surface area contributed by atoms with Gasteiger partial charge in [-0.25, -0.2) is 0 Å². The number of amides is 2. The SMILES string of the molecule is COc1cc(C(=O)Nc2cnn(CC(=O)NC3CCCC3)c2)ccc1C. The number of aromatic nitrogens is 2. The molecule has 0 unspecified atom stereocenters. The molecule has 1 aromatic heterocycles. The molecule has 0 bridgehead atoms. The van der Waals surface area contributed by atoms with Crippen LogP contribution in [0.3, 0.4) is 0 Å². The number of nitrogens with one attached hydrogen (secondary N) is 2. The molecule has 2 N–H and O–H groups in total. The number of hydrogen-bond donors (Lipinski definition) is 2. The third-order valence-corrected chi connectivity index (χ3v) is 4.59. The fourth-order valence-corrected chi connectivity index (χ4v) is 3.17. The first-order valence-corrected chi connectivity index (χ1v) is 8.83. The van der Waals surface area contributed by atoms with Gasteiger partial charge in [-0.3, -0.25) is 14.3 Å². The van der Waals surface area contributed by atoms with Crippen LogP contribution in [0, 0.1) is 6.92 Å². The van der Waals surface area contributed by atoms with E-state index in [0.717, 1.165) is 18.4 Å². The fraction of sp³-hybridized carbons (Fsp3) is 0.421. The van der Waals surface area contributed by atoms with E-state index in [1.165, 1.54) is 23.7 Å². The Labute approximate surface area is 152 Å². The highest BCUT2D eigenvalue weighted by molar-refractivity contribution is 6.04. The van der Waals surface area contributed by atoms with Gasteiger partial charge in [-0.2, -0.15) is 5.10 Å². The number of carbonyl (C=O) groups excluding carboxylic acids is 2. The lowest BCUT2D eigenvalue weighted by molar-refractivity contribution is -0.122. The summed E-state index contributed by atoms with van der Waals surface area (Å²) in [4.78, 5) is 24.4. The molecule has 2 amide bonds. The van der Waals surface area contributed by atoms with Gasteiger partial charge in [0.25, 0.3) is 5.91 Å². The summed E-state index contributed by atoms with van der Waals surface area (Å²) in [5.74, 6) is 0.358. The number of aryl methyl sites for hydroxylation is 1. The number of benzene rings is 1. The van der Waals surface area contributed by atoms with Gasteiger partial charge >= 0.3 is 0 Å². The van der Waals surface area contributed by atoms with E-state index in [1.54, 1.807) is 25.4 Å². The van der Waals surface area contributed by atoms with Crippen molar-refractivity contribution < 1.29 is 14.3 Å². The molecule has 26 heavy (non-hydrogen) atoms. The van der Waals surface area contributed by atoms with Crippen molar-refractivity contribution >= 4 is 17.5 Å². The second-order valence-electron chi connectivity index (χ2n) is 6.61. The van der Waals surface area contributed by atoms with Crippen LogP contribution in [0.4, 0.5) is 5.69 Å². The van der Waals surface area contributed by atoms with Gasteiger partial charge in [0.1, 0.15) is 12.3 Å². The fourth-order valence-electron chi connectivity index (χ4n) is 3.17. The topological polar surface area (TPSA) is 85.2 Å². The van der Waals surface area contributed by atoms with E-state index < -0.39 is 0 Å². The van der Waals surface area contributed by atoms with Crippen molar-refractivity contribution in [2.45, 2.75) is 45.2 Å². The van der Waals surface area contributed by atoms with Crippen LogP contribution in [-0.2, 0) is 11.3 Å². The first kappa shape index (κ1) is 18.0. The van der Waals surface area contributed by atoms with Crippen LogP contribution in [0.1, 0.15) is 41.6 Å². The molecule has 1 aliphatic rings. The van der Waals surface area contributed by atoms with Crippen LogP contribution in [-0.4, -0.2) is 34.7 Å². The Morgan fingerprint density at radius 1 is 1.31 bits per heavy atom. The van der Waals surface area contributed by atoms with Crippen molar-refractivity contribution in [2.24, 2.45) is 0 Å². The largest absolute Gasteiger partial charge is 0.496 e. The molecule has 7 heteroatoms. The normalized spacial score (nSPS) is 14.2. The summed E-state index contributed by atoms with van der Waals surface area (Å²) in [7, 11) is 1.57. The van der Waals surface area contributed by atoms with Gasteiger partial charge in [0.05, 0.1) is 19.0 Å². The predicted octanol–water partition coefficient (Wildman–Crippen LogP) is 2.51. The van der Waals surface area contributed by atoms with E-state index in [1.807, 2.05) is 13.0 Å². The standard InChI is InChI=1S/C19H24N4O3/c1-13-7-8-14(9-17(13)26-2)19(25)22-16-10-20-23(11-16)12-18(24)21-15-5-3-4-6-15/h7-11,15H,3-6,12H2,1-2H3,(H,21,24)(H,22,25). The molecule has 1 fully saturated rings. The van der Waals surface area contributed by atoms with Crippen molar-refractivity contribution in [3.05, 3.63) is 41.7 Å². The lowest BCUT2D eigenvalue weighted by atomic mass is 10.1. The van der Waals surface area contributed by atoms with Gasteiger partial charge in [0, 0.05) is 17.8 Å². The third-order valence-electron chi connectivity index (χ3n) is 4.59. The molecule has 3 rings (SSSR count). The Bertz CT molecular complexity index is 794. The zero-order chi connectivity index (χ0) is 18.5. The zero-order valence-electron chi connectivity index (χ0n) is 15.1. The monoisotopic (exact) mass is 356 g/mol. The minimum atomic E-state index is -0.252. The molecule has 0 aliphatic heterocycles. The summed E-state index contributed by atoms with van der Waals surface area (Å²) in [6.07, 6.45) is 7.63. The highest BCUT2D eigenvalue weighted by Gasteiger charge is 2.17. The van der Waals surface area contributed by atoms with Crippen LogP contribution >= 0.6 is 0 Å². The summed E-state index contributed by atoms with van der Waals surface area (Å²) in [5, 5.41) is 9.95. The van der Waals surface area contributed by atoms with Crippen LogP contribution in [0.25, 0.3) is 0 Å². The Balaban J connectivity index is 1.57. The lowest BCUT2D eigenvalue weighted by Crippen LogP contribution is -2.35. The van der Waals surface area contributed by atoms with E-state index in [9.17, 15) is 9.59 Å². The maximum atomic E-state index is 12.4. The molecule has 0 saturated heterocycles. The van der Waals surface area contributed by atoms with Crippen molar-refractivity contribution in [1.29, 1.82) is 0 Å². The second-order valence-corrected chi connectivity index (χ2v) is 6.61. The van der Waals surface area contributed by atoms with Crippen molar-refractivity contribution in [2.75, 3.05) is 12.4 Å². The molecule has 0 spiro atoms. The quantitative estimate of drug-likeness (QED) is 0.833. The van der Waals surface area contributed by atoms with Crippen molar-refractivity contribution in [3.8, 4) is 5.75 Å². The number of hydrogen-bond acceptors (Lipinski definition) is 4. The highest BCUT2D eigenvalue weighted by Crippen LogP contribution is 2.20. The molecule has 138 valence electrons. The number of rotatable bonds is 6. The first-order valence-electron chi connectivity index (χ1n) is 8.83. The van der Waals surface area contributed by atoms with Crippen LogP contribution in [0.15, 0.2) is 30.6 Å².